The lowest BCUT2D eigenvalue weighted by molar-refractivity contribution is 0.566. The van der Waals surface area contributed by atoms with Gasteiger partial charge in [-0.25, -0.2) is 4.98 Å². The third-order valence-electron chi connectivity index (χ3n) is 2.30. The van der Waals surface area contributed by atoms with Gasteiger partial charge in [-0.3, -0.25) is 0 Å². The van der Waals surface area contributed by atoms with Crippen LogP contribution in [0.25, 0.3) is 0 Å². The highest BCUT2D eigenvalue weighted by Crippen LogP contribution is 2.16. The number of rotatable bonds is 5. The van der Waals surface area contributed by atoms with Gasteiger partial charge in [0.05, 0.1) is 0 Å². The predicted octanol–water partition coefficient (Wildman–Crippen LogP) is 4.00. The van der Waals surface area contributed by atoms with Gasteiger partial charge < -0.3 is 5.32 Å². The molecule has 0 aliphatic carbocycles. The van der Waals surface area contributed by atoms with Gasteiger partial charge in [0.25, 0.3) is 0 Å². The van der Waals surface area contributed by atoms with Crippen molar-refractivity contribution in [3.8, 4) is 0 Å². The molecule has 2 nitrogen and oxygen atoms in total. The van der Waals surface area contributed by atoms with Gasteiger partial charge in [0.2, 0.25) is 0 Å². The van der Waals surface area contributed by atoms with Crippen LogP contribution in [-0.2, 0) is 0 Å². The smallest absolute Gasteiger partial charge is 0.128 e. The van der Waals surface area contributed by atoms with E-state index in [4.69, 9.17) is 0 Å². The van der Waals surface area contributed by atoms with Gasteiger partial charge >= 0.3 is 0 Å². The number of anilines is 1. The van der Waals surface area contributed by atoms with E-state index in [0.717, 1.165) is 22.8 Å². The zero-order valence-electron chi connectivity index (χ0n) is 9.68. The highest BCUT2D eigenvalue weighted by atomic mass is 79.9. The lowest BCUT2D eigenvalue weighted by Crippen LogP contribution is -2.05. The number of aromatic nitrogens is 1. The Morgan fingerprint density at radius 1 is 1.47 bits per heavy atom. The third-order valence-corrected chi connectivity index (χ3v) is 2.73. The molecule has 0 aromatic carbocycles. The molecule has 0 atom stereocenters. The number of aryl methyl sites for hydroxylation is 1. The van der Waals surface area contributed by atoms with E-state index < -0.39 is 0 Å². The Morgan fingerprint density at radius 3 is 2.80 bits per heavy atom. The molecule has 0 bridgehead atoms. The van der Waals surface area contributed by atoms with Crippen LogP contribution in [0.4, 0.5) is 5.82 Å². The summed E-state index contributed by atoms with van der Waals surface area (Å²) in [5.74, 6) is 1.78. The van der Waals surface area contributed by atoms with Crippen LogP contribution in [-0.4, -0.2) is 11.5 Å². The zero-order chi connectivity index (χ0) is 11.3. The lowest BCUT2D eigenvalue weighted by atomic mass is 10.1. The fraction of sp³-hybridized carbons (Fsp3) is 0.583. The van der Waals surface area contributed by atoms with Gasteiger partial charge in [-0.1, -0.05) is 13.8 Å². The van der Waals surface area contributed by atoms with E-state index in [2.05, 4.69) is 53.1 Å². The van der Waals surface area contributed by atoms with Gasteiger partial charge in [0.15, 0.2) is 0 Å². The van der Waals surface area contributed by atoms with Gasteiger partial charge in [-0.2, -0.15) is 0 Å². The maximum Gasteiger partial charge on any atom is 0.128 e. The second kappa shape index (κ2) is 6.11. The molecule has 1 rings (SSSR count). The van der Waals surface area contributed by atoms with Gasteiger partial charge in [-0.15, -0.1) is 0 Å². The quantitative estimate of drug-likeness (QED) is 0.819. The molecule has 3 heteroatoms. The summed E-state index contributed by atoms with van der Waals surface area (Å²) in [5, 5.41) is 3.36. The predicted molar refractivity (Wildman–Crippen MR) is 69.2 cm³/mol. The first-order chi connectivity index (χ1) is 7.09. The average Bonchev–Trinajstić information content (AvgIpc) is 2.14. The minimum Gasteiger partial charge on any atom is -0.370 e. The van der Waals surface area contributed by atoms with Crippen molar-refractivity contribution in [2.24, 2.45) is 5.92 Å². The molecule has 0 amide bonds. The van der Waals surface area contributed by atoms with E-state index in [9.17, 15) is 0 Å². The Kier molecular flexibility index (Phi) is 5.09. The lowest BCUT2D eigenvalue weighted by Gasteiger charge is -2.09. The number of hydrogen-bond donors (Lipinski definition) is 1. The van der Waals surface area contributed by atoms with Gasteiger partial charge in [0.1, 0.15) is 5.82 Å². The molecule has 1 aromatic rings. The van der Waals surface area contributed by atoms with Crippen LogP contribution in [0.5, 0.6) is 0 Å². The Labute approximate surface area is 101 Å². The van der Waals surface area contributed by atoms with Crippen LogP contribution >= 0.6 is 15.9 Å². The molecule has 0 aliphatic heterocycles. The first-order valence-electron chi connectivity index (χ1n) is 5.45. The summed E-state index contributed by atoms with van der Waals surface area (Å²) in [6, 6.07) is 2.08. The van der Waals surface area contributed by atoms with Gasteiger partial charge in [-0.05, 0) is 53.2 Å². The molecule has 0 saturated heterocycles. The molecule has 0 saturated carbocycles. The summed E-state index contributed by atoms with van der Waals surface area (Å²) in [6.07, 6.45) is 4.30. The first kappa shape index (κ1) is 12.5. The Hall–Kier alpha value is -0.570. The van der Waals surface area contributed by atoms with Crippen LogP contribution in [0.15, 0.2) is 16.7 Å². The molecule has 0 fully saturated rings. The summed E-state index contributed by atoms with van der Waals surface area (Å²) in [5.41, 5.74) is 1.19. The van der Waals surface area contributed by atoms with Crippen molar-refractivity contribution < 1.29 is 0 Å². The van der Waals surface area contributed by atoms with Crippen molar-refractivity contribution in [1.82, 2.24) is 4.98 Å². The second-order valence-electron chi connectivity index (χ2n) is 4.28. The molecule has 0 unspecified atom stereocenters. The van der Waals surface area contributed by atoms with Crippen LogP contribution in [0, 0.1) is 12.8 Å². The molecule has 0 radical (unpaired) electrons. The van der Waals surface area contributed by atoms with Crippen LogP contribution in [0.3, 0.4) is 0 Å². The molecule has 1 N–H and O–H groups in total. The molecular weight excluding hydrogens is 252 g/mol. The molecule has 0 aliphatic rings. The van der Waals surface area contributed by atoms with Crippen molar-refractivity contribution in [2.45, 2.75) is 33.6 Å². The van der Waals surface area contributed by atoms with Crippen LogP contribution < -0.4 is 5.32 Å². The summed E-state index contributed by atoms with van der Waals surface area (Å²) < 4.78 is 1.03. The standard InChI is InChI=1S/C12H19BrN2/c1-9(2)5-4-6-14-12-10(3)7-11(13)8-15-12/h7-9H,4-6H2,1-3H3,(H,14,15). The van der Waals surface area contributed by atoms with E-state index in [1.54, 1.807) is 0 Å². The number of hydrogen-bond acceptors (Lipinski definition) is 2. The minimum absolute atomic E-state index is 0.783. The van der Waals surface area contributed by atoms with E-state index in [1.807, 2.05) is 6.20 Å². The molecule has 1 heterocycles. The normalized spacial score (nSPS) is 10.7. The summed E-state index contributed by atoms with van der Waals surface area (Å²) in [4.78, 5) is 4.34. The number of nitrogens with zero attached hydrogens (tertiary/aromatic N) is 1. The molecule has 1 aromatic heterocycles. The maximum absolute atomic E-state index is 4.34. The third kappa shape index (κ3) is 4.65. The fourth-order valence-electron chi connectivity index (χ4n) is 1.44. The van der Waals surface area contributed by atoms with E-state index in [0.29, 0.717) is 0 Å². The first-order valence-corrected chi connectivity index (χ1v) is 6.25. The van der Waals surface area contributed by atoms with Crippen LogP contribution in [0.2, 0.25) is 0 Å². The summed E-state index contributed by atoms with van der Waals surface area (Å²) in [6.45, 7) is 7.59. The monoisotopic (exact) mass is 270 g/mol. The molecular formula is C12H19BrN2. The van der Waals surface area contributed by atoms with Crippen molar-refractivity contribution in [3.63, 3.8) is 0 Å². The van der Waals surface area contributed by atoms with Crippen molar-refractivity contribution in [2.75, 3.05) is 11.9 Å². The number of nitrogens with one attached hydrogen (secondary N) is 1. The Balaban J connectivity index is 2.37. The molecule has 84 valence electrons. The number of pyridine rings is 1. The van der Waals surface area contributed by atoms with Crippen molar-refractivity contribution in [3.05, 3.63) is 22.3 Å². The molecule has 15 heavy (non-hydrogen) atoms. The zero-order valence-corrected chi connectivity index (χ0v) is 11.3. The Morgan fingerprint density at radius 2 is 2.20 bits per heavy atom. The SMILES string of the molecule is Cc1cc(Br)cnc1NCCCC(C)C. The summed E-state index contributed by atoms with van der Waals surface area (Å²) in [7, 11) is 0. The van der Waals surface area contributed by atoms with E-state index in [-0.39, 0.29) is 0 Å². The largest absolute Gasteiger partial charge is 0.370 e. The summed E-state index contributed by atoms with van der Waals surface area (Å²) >= 11 is 3.41. The van der Waals surface area contributed by atoms with Crippen LogP contribution in [0.1, 0.15) is 32.3 Å². The van der Waals surface area contributed by atoms with E-state index >= 15 is 0 Å². The van der Waals surface area contributed by atoms with Gasteiger partial charge in [0, 0.05) is 17.2 Å². The van der Waals surface area contributed by atoms with Crippen molar-refractivity contribution in [1.29, 1.82) is 0 Å². The Bertz CT molecular complexity index is 310. The fourth-order valence-corrected chi connectivity index (χ4v) is 1.89. The minimum atomic E-state index is 0.783. The maximum atomic E-state index is 4.34. The highest BCUT2D eigenvalue weighted by Gasteiger charge is 2.00. The van der Waals surface area contributed by atoms with Crippen molar-refractivity contribution >= 4 is 21.7 Å². The average molecular weight is 271 g/mol. The van der Waals surface area contributed by atoms with E-state index in [1.165, 1.54) is 18.4 Å². The second-order valence-corrected chi connectivity index (χ2v) is 5.20. The highest BCUT2D eigenvalue weighted by molar-refractivity contribution is 9.10. The molecule has 0 spiro atoms. The number of halogens is 1. The topological polar surface area (TPSA) is 24.9 Å².